The van der Waals surface area contributed by atoms with E-state index in [9.17, 15) is 4.79 Å². The van der Waals surface area contributed by atoms with Crippen LogP contribution in [0.4, 0.5) is 5.69 Å². The zero-order chi connectivity index (χ0) is 20.4. The molecule has 2 aromatic carbocycles. The fourth-order valence-electron chi connectivity index (χ4n) is 3.16. The molecule has 0 aliphatic carbocycles. The smallest absolute Gasteiger partial charge is 0.240 e. The maximum absolute atomic E-state index is 13.2. The minimum atomic E-state index is -0.455. The lowest BCUT2D eigenvalue weighted by atomic mass is 10.0. The largest absolute Gasteiger partial charge is 0.497 e. The van der Waals surface area contributed by atoms with Crippen LogP contribution in [0.15, 0.2) is 53.7 Å². The Balaban J connectivity index is 1.65. The Labute approximate surface area is 177 Å². The van der Waals surface area contributed by atoms with Crippen LogP contribution < -0.4 is 15.5 Å². The van der Waals surface area contributed by atoms with Crippen LogP contribution in [0, 0.1) is 0 Å². The van der Waals surface area contributed by atoms with Gasteiger partial charge in [-0.05, 0) is 29.8 Å². The highest BCUT2D eigenvalue weighted by Gasteiger charge is 2.37. The van der Waals surface area contributed by atoms with Crippen molar-refractivity contribution in [1.82, 2.24) is 14.9 Å². The van der Waals surface area contributed by atoms with Crippen molar-refractivity contribution >= 4 is 35.0 Å². The van der Waals surface area contributed by atoms with Crippen molar-refractivity contribution in [3.8, 4) is 5.75 Å². The van der Waals surface area contributed by atoms with Gasteiger partial charge in [-0.15, -0.1) is 10.2 Å². The number of fused-ring (bicyclic) bond motifs is 1. The van der Waals surface area contributed by atoms with Gasteiger partial charge in [-0.2, -0.15) is 0 Å². The van der Waals surface area contributed by atoms with Gasteiger partial charge in [0.05, 0.1) is 13.2 Å². The molecule has 1 aliphatic rings. The molecule has 0 saturated carbocycles. The van der Waals surface area contributed by atoms with Crippen LogP contribution >= 0.6 is 23.4 Å². The molecule has 2 heterocycles. The molecule has 0 spiro atoms. The van der Waals surface area contributed by atoms with Gasteiger partial charge < -0.3 is 15.5 Å². The molecule has 0 unspecified atom stereocenters. The molecule has 0 fully saturated rings. The minimum absolute atomic E-state index is 0.136. The fourth-order valence-corrected chi connectivity index (χ4v) is 4.39. The van der Waals surface area contributed by atoms with Gasteiger partial charge in [-0.1, -0.05) is 48.5 Å². The van der Waals surface area contributed by atoms with E-state index in [2.05, 4.69) is 20.9 Å². The zero-order valence-electron chi connectivity index (χ0n) is 15.9. The number of hydrogen-bond donors (Lipinski definition) is 2. The number of benzene rings is 2. The standard InChI is InChI=1S/C20H20ClN5O2S/c1-3-16-23-24-20-26(16)25-17(12-7-9-13(21)10-8-12)18(29-20)19(27)22-14-5-4-6-15(11-14)28-2/h4-11,17-18,25H,3H2,1-2H3,(H,22,27)/t17-,18-/m1/s1. The third-order valence-corrected chi connectivity index (χ3v) is 6.11. The molecule has 0 bridgehead atoms. The second-order valence-corrected chi connectivity index (χ2v) is 8.05. The van der Waals surface area contributed by atoms with Crippen molar-refractivity contribution < 1.29 is 9.53 Å². The van der Waals surface area contributed by atoms with Gasteiger partial charge >= 0.3 is 0 Å². The summed E-state index contributed by atoms with van der Waals surface area (Å²) in [6.07, 6.45) is 0.731. The van der Waals surface area contributed by atoms with Gasteiger partial charge in [-0.3, -0.25) is 4.79 Å². The van der Waals surface area contributed by atoms with Crippen LogP contribution in [0.1, 0.15) is 24.4 Å². The van der Waals surface area contributed by atoms with Crippen LogP contribution in [0.25, 0.3) is 0 Å². The van der Waals surface area contributed by atoms with Gasteiger partial charge in [-0.25, -0.2) is 4.68 Å². The van der Waals surface area contributed by atoms with E-state index in [0.29, 0.717) is 21.6 Å². The average Bonchev–Trinajstić information content (AvgIpc) is 3.15. The first-order valence-corrected chi connectivity index (χ1v) is 10.4. The number of nitrogens with zero attached hydrogens (tertiary/aromatic N) is 3. The second-order valence-electron chi connectivity index (χ2n) is 6.51. The van der Waals surface area contributed by atoms with E-state index >= 15 is 0 Å². The zero-order valence-corrected chi connectivity index (χ0v) is 17.5. The summed E-state index contributed by atoms with van der Waals surface area (Å²) in [5.41, 5.74) is 5.04. The Kier molecular flexibility index (Phi) is 5.64. The maximum atomic E-state index is 13.2. The molecule has 2 N–H and O–H groups in total. The van der Waals surface area contributed by atoms with Gasteiger partial charge in [0.1, 0.15) is 11.0 Å². The van der Waals surface area contributed by atoms with Crippen molar-refractivity contribution in [2.24, 2.45) is 0 Å². The van der Waals surface area contributed by atoms with Crippen molar-refractivity contribution in [1.29, 1.82) is 0 Å². The lowest BCUT2D eigenvalue weighted by Gasteiger charge is -2.33. The molecule has 2 atom stereocenters. The van der Waals surface area contributed by atoms with Crippen molar-refractivity contribution in [3.63, 3.8) is 0 Å². The number of aryl methyl sites for hydroxylation is 1. The highest BCUT2D eigenvalue weighted by Crippen LogP contribution is 2.38. The van der Waals surface area contributed by atoms with Gasteiger partial charge in [0.25, 0.3) is 0 Å². The van der Waals surface area contributed by atoms with Crippen LogP contribution in [0.5, 0.6) is 5.75 Å². The van der Waals surface area contributed by atoms with E-state index in [-0.39, 0.29) is 11.9 Å². The van der Waals surface area contributed by atoms with E-state index in [1.54, 1.807) is 13.2 Å². The van der Waals surface area contributed by atoms with E-state index in [1.165, 1.54) is 11.8 Å². The Morgan fingerprint density at radius 2 is 2.07 bits per heavy atom. The lowest BCUT2D eigenvalue weighted by molar-refractivity contribution is -0.116. The maximum Gasteiger partial charge on any atom is 0.240 e. The number of aromatic nitrogens is 3. The topological polar surface area (TPSA) is 81.1 Å². The molecule has 4 rings (SSSR count). The van der Waals surface area contributed by atoms with Crippen molar-refractivity contribution in [2.75, 3.05) is 17.9 Å². The SMILES string of the molecule is CCc1nnc2n1N[C@H](c1ccc(Cl)cc1)[C@H](C(=O)Nc1cccc(OC)c1)S2. The number of anilines is 1. The monoisotopic (exact) mass is 429 g/mol. The van der Waals surface area contributed by atoms with Gasteiger partial charge in [0, 0.05) is 23.2 Å². The number of halogens is 1. The van der Waals surface area contributed by atoms with E-state index < -0.39 is 5.25 Å². The summed E-state index contributed by atoms with van der Waals surface area (Å²) in [4.78, 5) is 13.2. The normalized spacial score (nSPS) is 17.9. The quantitative estimate of drug-likeness (QED) is 0.640. The average molecular weight is 430 g/mol. The number of thioether (sulfide) groups is 1. The molecule has 7 nitrogen and oxygen atoms in total. The molecule has 0 radical (unpaired) electrons. The Morgan fingerprint density at radius 1 is 1.28 bits per heavy atom. The number of nitrogens with one attached hydrogen (secondary N) is 2. The van der Waals surface area contributed by atoms with Crippen molar-refractivity contribution in [3.05, 3.63) is 64.9 Å². The Bertz CT molecular complexity index is 1020. The summed E-state index contributed by atoms with van der Waals surface area (Å²) in [5.74, 6) is 1.36. The van der Waals surface area contributed by atoms with Gasteiger partial charge in [0.15, 0.2) is 5.82 Å². The third kappa shape index (κ3) is 4.04. The molecular formula is C20H20ClN5O2S. The van der Waals surface area contributed by atoms with Crippen LogP contribution in [0.3, 0.4) is 0 Å². The predicted octanol–water partition coefficient (Wildman–Crippen LogP) is 3.90. The first-order valence-electron chi connectivity index (χ1n) is 9.17. The number of rotatable bonds is 5. The summed E-state index contributed by atoms with van der Waals surface area (Å²) in [6.45, 7) is 2.02. The fraction of sp³-hybridized carbons (Fsp3) is 0.250. The van der Waals surface area contributed by atoms with Gasteiger partial charge in [0.2, 0.25) is 11.1 Å². The van der Waals surface area contributed by atoms with Crippen LogP contribution in [-0.4, -0.2) is 33.1 Å². The van der Waals surface area contributed by atoms with E-state index in [1.807, 2.05) is 54.1 Å². The Hall–Kier alpha value is -2.71. The summed E-state index contributed by atoms with van der Waals surface area (Å²) in [7, 11) is 1.59. The number of ether oxygens (including phenoxy) is 1. The number of amides is 1. The molecule has 29 heavy (non-hydrogen) atoms. The van der Waals surface area contributed by atoms with Crippen LogP contribution in [0.2, 0.25) is 5.02 Å². The highest BCUT2D eigenvalue weighted by atomic mass is 35.5. The molecule has 0 saturated heterocycles. The van der Waals surface area contributed by atoms with E-state index in [0.717, 1.165) is 17.8 Å². The molecule has 3 aromatic rings. The molecule has 1 amide bonds. The number of methoxy groups -OCH3 is 1. The lowest BCUT2D eigenvalue weighted by Crippen LogP contribution is -2.41. The number of carbonyl (C=O) groups is 1. The predicted molar refractivity (Wildman–Crippen MR) is 114 cm³/mol. The summed E-state index contributed by atoms with van der Waals surface area (Å²) in [6, 6.07) is 14.5. The van der Waals surface area contributed by atoms with Crippen molar-refractivity contribution in [2.45, 2.75) is 29.8 Å². The summed E-state index contributed by atoms with van der Waals surface area (Å²) < 4.78 is 7.10. The summed E-state index contributed by atoms with van der Waals surface area (Å²) in [5, 5.41) is 12.3. The first kappa shape index (κ1) is 19.6. The molecule has 1 aliphatic heterocycles. The van der Waals surface area contributed by atoms with Crippen LogP contribution in [-0.2, 0) is 11.2 Å². The highest BCUT2D eigenvalue weighted by molar-refractivity contribution is 8.00. The molecule has 9 heteroatoms. The number of hydrogen-bond acceptors (Lipinski definition) is 6. The van der Waals surface area contributed by atoms with E-state index in [4.69, 9.17) is 16.3 Å². The summed E-state index contributed by atoms with van der Waals surface area (Å²) >= 11 is 7.44. The molecular weight excluding hydrogens is 410 g/mol. The molecule has 150 valence electrons. The number of carbonyl (C=O) groups excluding carboxylic acids is 1. The minimum Gasteiger partial charge on any atom is -0.497 e. The Morgan fingerprint density at radius 3 is 2.79 bits per heavy atom. The first-order chi connectivity index (χ1) is 14.1. The second kappa shape index (κ2) is 8.34. The third-order valence-electron chi connectivity index (χ3n) is 4.64. The molecule has 1 aromatic heterocycles.